The van der Waals surface area contributed by atoms with E-state index < -0.39 is 0 Å². The first-order chi connectivity index (χ1) is 9.83. The van der Waals surface area contributed by atoms with Gasteiger partial charge in [-0.15, -0.1) is 0 Å². The summed E-state index contributed by atoms with van der Waals surface area (Å²) in [6.45, 7) is 11.0. The molecule has 20 heavy (non-hydrogen) atoms. The Labute approximate surface area is 124 Å². The smallest absolute Gasteiger partial charge is 0.0637 e. The van der Waals surface area contributed by atoms with Gasteiger partial charge in [-0.05, 0) is 32.7 Å². The summed E-state index contributed by atoms with van der Waals surface area (Å²) >= 11 is 0. The summed E-state index contributed by atoms with van der Waals surface area (Å²) in [5, 5.41) is 3.78. The summed E-state index contributed by atoms with van der Waals surface area (Å²) < 4.78 is 11.4. The molecule has 0 radical (unpaired) electrons. The third-order valence-electron chi connectivity index (χ3n) is 4.89. The van der Waals surface area contributed by atoms with Gasteiger partial charge in [0.15, 0.2) is 0 Å². The first kappa shape index (κ1) is 16.2. The van der Waals surface area contributed by atoms with Crippen LogP contribution in [0.1, 0.15) is 46.0 Å². The maximum absolute atomic E-state index is 5.80. The van der Waals surface area contributed by atoms with Crippen LogP contribution in [0.5, 0.6) is 0 Å². The molecule has 1 N–H and O–H groups in total. The number of morpholine rings is 1. The predicted octanol–water partition coefficient (Wildman–Crippen LogP) is 2.04. The van der Waals surface area contributed by atoms with Crippen LogP contribution in [0.2, 0.25) is 0 Å². The molecule has 1 atom stereocenters. The van der Waals surface area contributed by atoms with E-state index in [0.29, 0.717) is 11.6 Å². The van der Waals surface area contributed by atoms with E-state index in [9.17, 15) is 0 Å². The minimum Gasteiger partial charge on any atom is -0.380 e. The Morgan fingerprint density at radius 2 is 1.90 bits per heavy atom. The molecule has 1 saturated carbocycles. The molecule has 0 aromatic carbocycles. The number of nitrogens with zero attached hydrogens (tertiary/aromatic N) is 1. The molecular formula is C16H32N2O2. The number of nitrogens with one attached hydrogen (secondary N) is 1. The standard InChI is InChI=1S/C16H32N2O2/c1-3-9-17-15(14-19-4-2)16(7-5-6-8-16)18-10-12-20-13-11-18/h15,17H,3-14H2,1-2H3. The summed E-state index contributed by atoms with van der Waals surface area (Å²) in [4.78, 5) is 2.69. The second kappa shape index (κ2) is 8.32. The molecule has 1 aliphatic carbocycles. The molecule has 2 aliphatic rings. The van der Waals surface area contributed by atoms with Crippen LogP contribution in [0, 0.1) is 0 Å². The summed E-state index contributed by atoms with van der Waals surface area (Å²) in [6.07, 6.45) is 6.51. The first-order valence-corrected chi connectivity index (χ1v) is 8.47. The van der Waals surface area contributed by atoms with Gasteiger partial charge in [-0.2, -0.15) is 0 Å². The van der Waals surface area contributed by atoms with Gasteiger partial charge in [0.1, 0.15) is 0 Å². The summed E-state index contributed by atoms with van der Waals surface area (Å²) in [6, 6.07) is 0.461. The SMILES string of the molecule is CCCNC(COCC)C1(N2CCOCC2)CCCC1. The van der Waals surface area contributed by atoms with Crippen molar-refractivity contribution >= 4 is 0 Å². The van der Waals surface area contributed by atoms with E-state index in [-0.39, 0.29) is 0 Å². The molecule has 0 aromatic rings. The largest absolute Gasteiger partial charge is 0.380 e. The molecular weight excluding hydrogens is 252 g/mol. The lowest BCUT2D eigenvalue weighted by Crippen LogP contribution is -2.63. The van der Waals surface area contributed by atoms with Gasteiger partial charge in [0, 0.05) is 31.3 Å². The van der Waals surface area contributed by atoms with Crippen molar-refractivity contribution in [3.8, 4) is 0 Å². The van der Waals surface area contributed by atoms with E-state index in [0.717, 1.165) is 46.1 Å². The number of hydrogen-bond donors (Lipinski definition) is 1. The number of rotatable bonds is 8. The fourth-order valence-corrected chi connectivity index (χ4v) is 3.84. The fraction of sp³-hybridized carbons (Fsp3) is 1.00. The Morgan fingerprint density at radius 3 is 2.50 bits per heavy atom. The number of ether oxygens (including phenoxy) is 2. The van der Waals surface area contributed by atoms with Crippen molar-refractivity contribution in [2.75, 3.05) is 46.1 Å². The molecule has 4 heteroatoms. The zero-order valence-corrected chi connectivity index (χ0v) is 13.3. The molecule has 1 saturated heterocycles. The van der Waals surface area contributed by atoms with Crippen molar-refractivity contribution in [3.63, 3.8) is 0 Å². The van der Waals surface area contributed by atoms with Crippen LogP contribution in [0.3, 0.4) is 0 Å². The molecule has 1 unspecified atom stereocenters. The van der Waals surface area contributed by atoms with E-state index >= 15 is 0 Å². The highest BCUT2D eigenvalue weighted by Gasteiger charge is 2.46. The molecule has 4 nitrogen and oxygen atoms in total. The molecule has 118 valence electrons. The highest BCUT2D eigenvalue weighted by molar-refractivity contribution is 5.04. The van der Waals surface area contributed by atoms with Gasteiger partial charge in [-0.1, -0.05) is 19.8 Å². The van der Waals surface area contributed by atoms with E-state index in [1.807, 2.05) is 0 Å². The maximum atomic E-state index is 5.80. The van der Waals surface area contributed by atoms with Crippen LogP contribution in [0.15, 0.2) is 0 Å². The minimum absolute atomic E-state index is 0.300. The summed E-state index contributed by atoms with van der Waals surface area (Å²) in [7, 11) is 0. The normalized spacial score (nSPS) is 24.9. The van der Waals surface area contributed by atoms with Crippen LogP contribution in [-0.4, -0.2) is 62.5 Å². The second-order valence-electron chi connectivity index (χ2n) is 6.08. The van der Waals surface area contributed by atoms with Crippen molar-refractivity contribution < 1.29 is 9.47 Å². The van der Waals surface area contributed by atoms with Crippen molar-refractivity contribution in [2.45, 2.75) is 57.5 Å². The maximum Gasteiger partial charge on any atom is 0.0637 e. The Kier molecular flexibility index (Phi) is 6.75. The Bertz CT molecular complexity index is 253. The van der Waals surface area contributed by atoms with Gasteiger partial charge in [-0.25, -0.2) is 0 Å². The third-order valence-corrected chi connectivity index (χ3v) is 4.89. The van der Waals surface area contributed by atoms with E-state index in [4.69, 9.17) is 9.47 Å². The lowest BCUT2D eigenvalue weighted by atomic mass is 9.85. The molecule has 1 aliphatic heterocycles. The zero-order chi connectivity index (χ0) is 14.3. The van der Waals surface area contributed by atoms with Gasteiger partial charge in [-0.3, -0.25) is 4.90 Å². The topological polar surface area (TPSA) is 33.7 Å². The molecule has 0 amide bonds. The summed E-state index contributed by atoms with van der Waals surface area (Å²) in [5.74, 6) is 0. The fourth-order valence-electron chi connectivity index (χ4n) is 3.84. The van der Waals surface area contributed by atoms with Gasteiger partial charge in [0.25, 0.3) is 0 Å². The Morgan fingerprint density at radius 1 is 1.20 bits per heavy atom. The Balaban J connectivity index is 2.08. The van der Waals surface area contributed by atoms with Crippen molar-refractivity contribution in [1.29, 1.82) is 0 Å². The highest BCUT2D eigenvalue weighted by atomic mass is 16.5. The van der Waals surface area contributed by atoms with Crippen molar-refractivity contribution in [3.05, 3.63) is 0 Å². The lowest BCUT2D eigenvalue weighted by Gasteiger charge is -2.48. The molecule has 2 rings (SSSR count). The van der Waals surface area contributed by atoms with E-state index in [1.54, 1.807) is 0 Å². The van der Waals surface area contributed by atoms with Crippen molar-refractivity contribution in [1.82, 2.24) is 10.2 Å². The highest BCUT2D eigenvalue weighted by Crippen LogP contribution is 2.38. The average Bonchev–Trinajstić information content (AvgIpc) is 2.99. The Hall–Kier alpha value is -0.160. The molecule has 1 heterocycles. The second-order valence-corrected chi connectivity index (χ2v) is 6.08. The van der Waals surface area contributed by atoms with Crippen LogP contribution in [-0.2, 0) is 9.47 Å². The minimum atomic E-state index is 0.300. The van der Waals surface area contributed by atoms with Crippen LogP contribution in [0.4, 0.5) is 0 Å². The van der Waals surface area contributed by atoms with Gasteiger partial charge in [0.05, 0.1) is 19.8 Å². The van der Waals surface area contributed by atoms with Gasteiger partial charge >= 0.3 is 0 Å². The molecule has 0 bridgehead atoms. The van der Waals surface area contributed by atoms with Crippen molar-refractivity contribution in [2.24, 2.45) is 0 Å². The predicted molar refractivity (Wildman–Crippen MR) is 82.2 cm³/mol. The first-order valence-electron chi connectivity index (χ1n) is 8.47. The van der Waals surface area contributed by atoms with Crippen LogP contribution < -0.4 is 5.32 Å². The monoisotopic (exact) mass is 284 g/mol. The summed E-state index contributed by atoms with van der Waals surface area (Å²) in [5.41, 5.74) is 0.300. The zero-order valence-electron chi connectivity index (χ0n) is 13.3. The molecule has 0 aromatic heterocycles. The van der Waals surface area contributed by atoms with Gasteiger partial charge < -0.3 is 14.8 Å². The van der Waals surface area contributed by atoms with E-state index in [2.05, 4.69) is 24.1 Å². The average molecular weight is 284 g/mol. The lowest BCUT2D eigenvalue weighted by molar-refractivity contribution is -0.0493. The van der Waals surface area contributed by atoms with Crippen LogP contribution >= 0.6 is 0 Å². The molecule has 2 fully saturated rings. The third kappa shape index (κ3) is 3.73. The van der Waals surface area contributed by atoms with Gasteiger partial charge in [0.2, 0.25) is 0 Å². The van der Waals surface area contributed by atoms with Crippen LogP contribution in [0.25, 0.3) is 0 Å². The van der Waals surface area contributed by atoms with E-state index in [1.165, 1.54) is 32.1 Å². The quantitative estimate of drug-likeness (QED) is 0.739. The molecule has 0 spiro atoms. The number of hydrogen-bond acceptors (Lipinski definition) is 4.